The van der Waals surface area contributed by atoms with Crippen molar-refractivity contribution in [3.8, 4) is 6.07 Å². The number of alkyl halides is 3. The van der Waals surface area contributed by atoms with E-state index < -0.39 is 11.8 Å². The van der Waals surface area contributed by atoms with Gasteiger partial charge in [-0.25, -0.2) is 0 Å². The minimum absolute atomic E-state index is 0.0763. The first-order valence-corrected chi connectivity index (χ1v) is 10.9. The number of rotatable bonds is 5. The molecule has 1 heterocycles. The quantitative estimate of drug-likeness (QED) is 0.715. The predicted octanol–water partition coefficient (Wildman–Crippen LogP) is 4.63. The van der Waals surface area contributed by atoms with Crippen molar-refractivity contribution in [1.82, 2.24) is 4.90 Å². The Hall–Kier alpha value is -2.66. The minimum atomic E-state index is -4.80. The van der Waals surface area contributed by atoms with Crippen LogP contribution in [0.4, 0.5) is 13.2 Å². The molecule has 0 bridgehead atoms. The van der Waals surface area contributed by atoms with Gasteiger partial charge in [0.05, 0.1) is 0 Å². The van der Waals surface area contributed by atoms with Crippen LogP contribution in [0.25, 0.3) is 0 Å². The highest BCUT2D eigenvalue weighted by atomic mass is 19.4. The first kappa shape index (κ1) is 24.0. The van der Waals surface area contributed by atoms with Gasteiger partial charge in [-0.05, 0) is 75.1 Å². The summed E-state index contributed by atoms with van der Waals surface area (Å²) in [6.45, 7) is 3.73. The smallest absolute Gasteiger partial charge is 0.376 e. The van der Waals surface area contributed by atoms with Gasteiger partial charge in [-0.3, -0.25) is 9.79 Å². The zero-order chi connectivity index (χ0) is 23.5. The fourth-order valence-electron chi connectivity index (χ4n) is 4.59. The molecule has 5 nitrogen and oxygen atoms in total. The molecule has 1 fully saturated rings. The number of amides is 1. The lowest BCUT2D eigenvalue weighted by Crippen LogP contribution is -2.43. The Morgan fingerprint density at radius 3 is 2.31 bits per heavy atom. The monoisotopic (exact) mass is 447 g/mol. The fourth-order valence-corrected chi connectivity index (χ4v) is 4.59. The van der Waals surface area contributed by atoms with Gasteiger partial charge in [0.1, 0.15) is 11.8 Å². The van der Waals surface area contributed by atoms with E-state index in [-0.39, 0.29) is 17.5 Å². The summed E-state index contributed by atoms with van der Waals surface area (Å²) in [7, 11) is 0. The molecule has 1 aliphatic carbocycles. The van der Waals surface area contributed by atoms with Crippen LogP contribution < -0.4 is 0 Å². The molecule has 1 N–H and O–H groups in total. The van der Waals surface area contributed by atoms with Crippen LogP contribution in [0.3, 0.4) is 0 Å². The molecule has 2 atom stereocenters. The summed E-state index contributed by atoms with van der Waals surface area (Å²) in [6, 6.07) is 7.16. The van der Waals surface area contributed by atoms with E-state index in [4.69, 9.17) is 5.26 Å². The second kappa shape index (κ2) is 9.45. The van der Waals surface area contributed by atoms with Crippen molar-refractivity contribution >= 4 is 11.6 Å². The van der Waals surface area contributed by atoms with Crippen molar-refractivity contribution in [2.45, 2.75) is 57.3 Å². The Kier molecular flexibility index (Phi) is 7.09. The molecule has 172 valence electrons. The van der Waals surface area contributed by atoms with E-state index in [1.54, 1.807) is 11.0 Å². The summed E-state index contributed by atoms with van der Waals surface area (Å²) < 4.78 is 39.2. The van der Waals surface area contributed by atoms with Crippen LogP contribution >= 0.6 is 0 Å². The van der Waals surface area contributed by atoms with Gasteiger partial charge in [-0.15, -0.1) is 0 Å². The van der Waals surface area contributed by atoms with Gasteiger partial charge in [0.15, 0.2) is 5.60 Å². The van der Waals surface area contributed by atoms with Gasteiger partial charge in [-0.1, -0.05) is 18.2 Å². The third-order valence-electron chi connectivity index (χ3n) is 6.72. The number of allylic oxidation sites excluding steroid dienone is 1. The Labute approximate surface area is 186 Å². The topological polar surface area (TPSA) is 76.7 Å². The molecule has 32 heavy (non-hydrogen) atoms. The van der Waals surface area contributed by atoms with Crippen LogP contribution in [-0.2, 0) is 5.60 Å². The minimum Gasteiger partial charge on any atom is -0.376 e. The molecule has 0 saturated heterocycles. The average molecular weight is 448 g/mol. The maximum absolute atomic E-state index is 13.1. The number of aliphatic hydroxyl groups is 1. The highest BCUT2D eigenvalue weighted by molar-refractivity contribution is 6.07. The van der Waals surface area contributed by atoms with Gasteiger partial charge >= 0.3 is 6.18 Å². The first-order chi connectivity index (χ1) is 15.1. The molecule has 1 aromatic carbocycles. The van der Waals surface area contributed by atoms with E-state index in [9.17, 15) is 23.1 Å². The summed E-state index contributed by atoms with van der Waals surface area (Å²) in [5.74, 6) is 0.562. The lowest BCUT2D eigenvalue weighted by atomic mass is 9.77. The Bertz CT molecular complexity index is 921. The maximum Gasteiger partial charge on any atom is 0.421 e. The van der Waals surface area contributed by atoms with Gasteiger partial charge < -0.3 is 10.0 Å². The van der Waals surface area contributed by atoms with Gasteiger partial charge in [0.25, 0.3) is 5.91 Å². The van der Waals surface area contributed by atoms with Crippen LogP contribution in [0.15, 0.2) is 41.4 Å². The number of halogens is 3. The molecule has 1 saturated carbocycles. The zero-order valence-corrected chi connectivity index (χ0v) is 18.3. The average Bonchev–Trinajstić information content (AvgIpc) is 2.79. The van der Waals surface area contributed by atoms with E-state index in [2.05, 4.69) is 17.1 Å². The van der Waals surface area contributed by atoms with E-state index in [0.717, 1.165) is 37.8 Å². The summed E-state index contributed by atoms with van der Waals surface area (Å²) in [4.78, 5) is 19.2. The first-order valence-electron chi connectivity index (χ1n) is 10.9. The largest absolute Gasteiger partial charge is 0.421 e. The van der Waals surface area contributed by atoms with Crippen molar-refractivity contribution in [3.63, 3.8) is 0 Å². The summed E-state index contributed by atoms with van der Waals surface area (Å²) in [5.41, 5.74) is -2.50. The summed E-state index contributed by atoms with van der Waals surface area (Å²) >= 11 is 0. The fraction of sp³-hybridized carbons (Fsp3) is 0.542. The number of aliphatic imine (C=N–C) groups is 1. The van der Waals surface area contributed by atoms with Crippen LogP contribution in [0.2, 0.25) is 0 Å². The number of carbonyl (C=O) groups is 1. The Morgan fingerprint density at radius 1 is 1.22 bits per heavy atom. The van der Waals surface area contributed by atoms with E-state index in [0.29, 0.717) is 43.1 Å². The number of hydrogen-bond acceptors (Lipinski definition) is 4. The number of carbonyl (C=O) groups excluding carboxylic acids is 1. The standard InChI is InChI=1S/C24H28F3N3O2/c1-3-30(21-12-7-16(8-13-21)18-6-11-20(14-28)29-15-18)22(31)17-4-9-19(10-5-17)23(2,32)24(25,26)27/h4-6,9-11,16,18,21,32H,3,7-8,12-13,15H2,1-2H3/t16-,18?,21-,23-/m0/s1. The third-order valence-corrected chi connectivity index (χ3v) is 6.72. The zero-order valence-electron chi connectivity index (χ0n) is 18.3. The molecule has 8 heteroatoms. The number of nitriles is 1. The van der Waals surface area contributed by atoms with E-state index >= 15 is 0 Å². The normalized spacial score (nSPS) is 25.4. The summed E-state index contributed by atoms with van der Waals surface area (Å²) in [5, 5.41) is 18.7. The van der Waals surface area contributed by atoms with Crippen molar-refractivity contribution in [1.29, 1.82) is 5.26 Å². The molecule has 1 aromatic rings. The molecule has 0 radical (unpaired) electrons. The lowest BCUT2D eigenvalue weighted by molar-refractivity contribution is -0.258. The maximum atomic E-state index is 13.1. The molecule has 3 rings (SSSR count). The molecule has 0 aromatic heterocycles. The number of benzene rings is 1. The van der Waals surface area contributed by atoms with Crippen LogP contribution in [-0.4, -0.2) is 46.9 Å². The summed E-state index contributed by atoms with van der Waals surface area (Å²) in [6.07, 6.45) is 2.65. The molecule has 1 amide bonds. The number of dihydropyridines is 1. The second-order valence-corrected chi connectivity index (χ2v) is 8.67. The van der Waals surface area contributed by atoms with Crippen LogP contribution in [0.1, 0.15) is 55.5 Å². The molecule has 0 spiro atoms. The molecular weight excluding hydrogens is 419 g/mol. The van der Waals surface area contributed by atoms with Crippen molar-refractivity contribution in [2.75, 3.05) is 13.1 Å². The number of hydrogen-bond donors (Lipinski definition) is 1. The van der Waals surface area contributed by atoms with Gasteiger partial charge in [0, 0.05) is 24.7 Å². The molecule has 2 aliphatic rings. The Morgan fingerprint density at radius 2 is 1.84 bits per heavy atom. The molecular formula is C24H28F3N3O2. The van der Waals surface area contributed by atoms with Gasteiger partial charge in [0.2, 0.25) is 0 Å². The Balaban J connectivity index is 1.63. The molecule has 1 unspecified atom stereocenters. The third kappa shape index (κ3) is 4.88. The highest BCUT2D eigenvalue weighted by Crippen LogP contribution is 2.39. The number of nitrogens with zero attached hydrogens (tertiary/aromatic N) is 3. The van der Waals surface area contributed by atoms with E-state index in [1.807, 2.05) is 6.92 Å². The van der Waals surface area contributed by atoms with Crippen molar-refractivity contribution in [2.24, 2.45) is 16.8 Å². The molecule has 1 aliphatic heterocycles. The van der Waals surface area contributed by atoms with E-state index in [1.165, 1.54) is 12.1 Å². The highest BCUT2D eigenvalue weighted by Gasteiger charge is 2.51. The van der Waals surface area contributed by atoms with Gasteiger partial charge in [-0.2, -0.15) is 18.4 Å². The van der Waals surface area contributed by atoms with Crippen LogP contribution in [0, 0.1) is 23.2 Å². The second-order valence-electron chi connectivity index (χ2n) is 8.67. The lowest BCUT2D eigenvalue weighted by Gasteiger charge is -2.38. The van der Waals surface area contributed by atoms with Crippen molar-refractivity contribution < 1.29 is 23.1 Å². The SMILES string of the molecule is CCN(C(=O)c1ccc([C@](C)(O)C(F)(F)F)cc1)[C@H]1CC[C@H](C2C=CC(C#N)=NC2)CC1. The van der Waals surface area contributed by atoms with Crippen LogP contribution in [0.5, 0.6) is 0 Å². The predicted molar refractivity (Wildman–Crippen MR) is 115 cm³/mol. The van der Waals surface area contributed by atoms with Crippen molar-refractivity contribution in [3.05, 3.63) is 47.5 Å².